The van der Waals surface area contributed by atoms with Gasteiger partial charge < -0.3 is 9.32 Å². The number of H-pyrrole nitrogens is 1. The number of rotatable bonds is 2. The van der Waals surface area contributed by atoms with E-state index >= 15 is 0 Å². The Morgan fingerprint density at radius 2 is 2.09 bits per heavy atom. The summed E-state index contributed by atoms with van der Waals surface area (Å²) in [5, 5.41) is 0. The highest BCUT2D eigenvalue weighted by Crippen LogP contribution is 2.38. The van der Waals surface area contributed by atoms with Crippen molar-refractivity contribution in [3.05, 3.63) is 68.1 Å². The second-order valence-electron chi connectivity index (χ2n) is 5.66. The number of benzene rings is 2. The monoisotopic (exact) mass is 372 g/mol. The summed E-state index contributed by atoms with van der Waals surface area (Å²) in [6.07, 6.45) is 0. The SMILES string of the molecule is CC1c2c(Br)cccc2C(=O)N1Cc1ccc2[nH]c(=O)oc2c1. The van der Waals surface area contributed by atoms with Crippen molar-refractivity contribution in [1.29, 1.82) is 0 Å². The van der Waals surface area contributed by atoms with E-state index in [1.165, 1.54) is 0 Å². The van der Waals surface area contributed by atoms with Gasteiger partial charge >= 0.3 is 5.76 Å². The molecule has 2 aromatic carbocycles. The fourth-order valence-electron chi connectivity index (χ4n) is 3.13. The highest BCUT2D eigenvalue weighted by molar-refractivity contribution is 9.10. The molecule has 1 N–H and O–H groups in total. The zero-order valence-electron chi connectivity index (χ0n) is 12.3. The number of hydrogen-bond acceptors (Lipinski definition) is 3. The van der Waals surface area contributed by atoms with Gasteiger partial charge in [-0.25, -0.2) is 4.79 Å². The highest BCUT2D eigenvalue weighted by Gasteiger charge is 2.35. The van der Waals surface area contributed by atoms with Gasteiger partial charge in [0.2, 0.25) is 0 Å². The first-order valence-electron chi connectivity index (χ1n) is 7.26. The Morgan fingerprint density at radius 1 is 1.26 bits per heavy atom. The predicted octanol–water partition coefficient (Wildman–Crippen LogP) is 3.60. The maximum Gasteiger partial charge on any atom is 0.417 e. The van der Waals surface area contributed by atoms with Gasteiger partial charge in [-0.15, -0.1) is 0 Å². The van der Waals surface area contributed by atoms with Gasteiger partial charge in [0.05, 0.1) is 11.6 Å². The van der Waals surface area contributed by atoms with Crippen molar-refractivity contribution >= 4 is 32.9 Å². The van der Waals surface area contributed by atoms with Crippen molar-refractivity contribution in [2.75, 3.05) is 0 Å². The van der Waals surface area contributed by atoms with E-state index in [1.807, 2.05) is 36.1 Å². The fourth-order valence-corrected chi connectivity index (χ4v) is 3.83. The van der Waals surface area contributed by atoms with E-state index in [4.69, 9.17) is 4.42 Å². The molecule has 1 unspecified atom stereocenters. The van der Waals surface area contributed by atoms with Crippen molar-refractivity contribution in [2.24, 2.45) is 0 Å². The molecule has 4 rings (SSSR count). The quantitative estimate of drug-likeness (QED) is 0.747. The first-order valence-corrected chi connectivity index (χ1v) is 8.05. The zero-order chi connectivity index (χ0) is 16.1. The summed E-state index contributed by atoms with van der Waals surface area (Å²) in [5.41, 5.74) is 3.84. The van der Waals surface area contributed by atoms with E-state index < -0.39 is 5.76 Å². The molecule has 0 saturated carbocycles. The molecule has 1 amide bonds. The van der Waals surface area contributed by atoms with Crippen LogP contribution >= 0.6 is 15.9 Å². The number of aromatic amines is 1. The van der Waals surface area contributed by atoms with Crippen LogP contribution in [0.15, 0.2) is 50.1 Å². The van der Waals surface area contributed by atoms with Gasteiger partial charge in [-0.05, 0) is 36.8 Å². The van der Waals surface area contributed by atoms with E-state index in [2.05, 4.69) is 20.9 Å². The standard InChI is InChI=1S/C17H13BrN2O3/c1-9-15-11(3-2-4-12(15)18)16(21)20(9)8-10-5-6-13-14(7-10)23-17(22)19-13/h2-7,9H,8H2,1H3,(H,19,22). The Bertz CT molecular complexity index is 989. The minimum atomic E-state index is -0.473. The van der Waals surface area contributed by atoms with Crippen LogP contribution in [0.25, 0.3) is 11.1 Å². The number of hydrogen-bond donors (Lipinski definition) is 1. The molecule has 2 heterocycles. The number of nitrogens with one attached hydrogen (secondary N) is 1. The summed E-state index contributed by atoms with van der Waals surface area (Å²) in [4.78, 5) is 28.3. The van der Waals surface area contributed by atoms with Crippen molar-refractivity contribution in [2.45, 2.75) is 19.5 Å². The highest BCUT2D eigenvalue weighted by atomic mass is 79.9. The summed E-state index contributed by atoms with van der Waals surface area (Å²) in [6, 6.07) is 11.2. The van der Waals surface area contributed by atoms with Gasteiger partial charge in [0, 0.05) is 22.1 Å². The molecule has 1 aromatic heterocycles. The lowest BCUT2D eigenvalue weighted by Crippen LogP contribution is -2.26. The Kier molecular flexibility index (Phi) is 3.16. The number of amides is 1. The summed E-state index contributed by atoms with van der Waals surface area (Å²) in [7, 11) is 0. The first-order chi connectivity index (χ1) is 11.0. The Morgan fingerprint density at radius 3 is 2.87 bits per heavy atom. The third kappa shape index (κ3) is 2.21. The smallest absolute Gasteiger partial charge is 0.408 e. The predicted molar refractivity (Wildman–Crippen MR) is 89.3 cm³/mol. The largest absolute Gasteiger partial charge is 0.417 e. The number of halogens is 1. The lowest BCUT2D eigenvalue weighted by molar-refractivity contribution is 0.0723. The number of aromatic nitrogens is 1. The van der Waals surface area contributed by atoms with Crippen LogP contribution in [0, 0.1) is 0 Å². The molecule has 116 valence electrons. The molecule has 3 aromatic rings. The molecular formula is C17H13BrN2O3. The van der Waals surface area contributed by atoms with Crippen LogP contribution in [-0.2, 0) is 6.54 Å². The van der Waals surface area contributed by atoms with E-state index in [1.54, 1.807) is 12.1 Å². The average molecular weight is 373 g/mol. The molecule has 0 fully saturated rings. The minimum Gasteiger partial charge on any atom is -0.408 e. The van der Waals surface area contributed by atoms with Crippen LogP contribution in [0.2, 0.25) is 0 Å². The number of carbonyl (C=O) groups excluding carboxylic acids is 1. The van der Waals surface area contributed by atoms with Crippen molar-refractivity contribution in [1.82, 2.24) is 9.88 Å². The molecular weight excluding hydrogens is 360 g/mol. The summed E-state index contributed by atoms with van der Waals surface area (Å²) < 4.78 is 6.04. The van der Waals surface area contributed by atoms with E-state index in [-0.39, 0.29) is 11.9 Å². The molecule has 0 bridgehead atoms. The van der Waals surface area contributed by atoms with Gasteiger partial charge in [0.15, 0.2) is 5.58 Å². The zero-order valence-corrected chi connectivity index (χ0v) is 13.9. The molecule has 6 heteroatoms. The van der Waals surface area contributed by atoms with Gasteiger partial charge in [-0.1, -0.05) is 28.1 Å². The van der Waals surface area contributed by atoms with Crippen LogP contribution in [0.5, 0.6) is 0 Å². The third-order valence-electron chi connectivity index (χ3n) is 4.27. The van der Waals surface area contributed by atoms with Crippen LogP contribution in [-0.4, -0.2) is 15.8 Å². The molecule has 1 aliphatic heterocycles. The van der Waals surface area contributed by atoms with Gasteiger partial charge in [-0.2, -0.15) is 0 Å². The summed E-state index contributed by atoms with van der Waals surface area (Å²) in [6.45, 7) is 2.48. The third-order valence-corrected chi connectivity index (χ3v) is 4.96. The number of fused-ring (bicyclic) bond motifs is 2. The van der Waals surface area contributed by atoms with Crippen molar-refractivity contribution in [3.63, 3.8) is 0 Å². The Hall–Kier alpha value is -2.34. The van der Waals surface area contributed by atoms with E-state index in [0.29, 0.717) is 17.6 Å². The summed E-state index contributed by atoms with van der Waals surface area (Å²) in [5.74, 6) is -0.455. The molecule has 0 spiro atoms. The van der Waals surface area contributed by atoms with Crippen LogP contribution in [0.4, 0.5) is 0 Å². The Balaban J connectivity index is 1.70. The molecule has 1 aliphatic rings. The molecule has 0 aliphatic carbocycles. The molecule has 0 saturated heterocycles. The topological polar surface area (TPSA) is 66.3 Å². The lowest BCUT2D eigenvalue weighted by atomic mass is 10.1. The molecule has 1 atom stereocenters. The van der Waals surface area contributed by atoms with Crippen LogP contribution in [0.1, 0.15) is 34.5 Å². The summed E-state index contributed by atoms with van der Waals surface area (Å²) >= 11 is 3.53. The molecule has 23 heavy (non-hydrogen) atoms. The number of carbonyl (C=O) groups is 1. The fraction of sp³-hybridized carbons (Fsp3) is 0.176. The maximum atomic E-state index is 12.7. The number of oxazole rings is 1. The maximum absolute atomic E-state index is 12.7. The van der Waals surface area contributed by atoms with Gasteiger partial charge in [0.1, 0.15) is 0 Å². The van der Waals surface area contributed by atoms with Crippen LogP contribution < -0.4 is 5.76 Å². The van der Waals surface area contributed by atoms with Crippen molar-refractivity contribution in [3.8, 4) is 0 Å². The normalized spacial score (nSPS) is 17.0. The second-order valence-corrected chi connectivity index (χ2v) is 6.51. The van der Waals surface area contributed by atoms with Gasteiger partial charge in [0.25, 0.3) is 5.91 Å². The molecule has 5 nitrogen and oxygen atoms in total. The average Bonchev–Trinajstić information content (AvgIpc) is 3.00. The van der Waals surface area contributed by atoms with E-state index in [0.717, 1.165) is 21.2 Å². The minimum absolute atomic E-state index is 0.0120. The van der Waals surface area contributed by atoms with Crippen molar-refractivity contribution < 1.29 is 9.21 Å². The first kappa shape index (κ1) is 14.3. The molecule has 0 radical (unpaired) electrons. The number of nitrogens with zero attached hydrogens (tertiary/aromatic N) is 1. The van der Waals surface area contributed by atoms with E-state index in [9.17, 15) is 9.59 Å². The van der Waals surface area contributed by atoms with Crippen LogP contribution in [0.3, 0.4) is 0 Å². The lowest BCUT2D eigenvalue weighted by Gasteiger charge is -2.22. The Labute approximate surface area is 140 Å². The second kappa shape index (κ2) is 5.09. The van der Waals surface area contributed by atoms with Gasteiger partial charge in [-0.3, -0.25) is 9.78 Å².